The third-order valence-corrected chi connectivity index (χ3v) is 3.86. The van der Waals surface area contributed by atoms with Crippen molar-refractivity contribution in [1.29, 1.82) is 0 Å². The van der Waals surface area contributed by atoms with Crippen LogP contribution in [-0.4, -0.2) is 11.9 Å². The first kappa shape index (κ1) is 16.7. The van der Waals surface area contributed by atoms with Gasteiger partial charge in [-0.25, -0.2) is 9.59 Å². The van der Waals surface area contributed by atoms with Crippen LogP contribution in [0.25, 0.3) is 11.1 Å². The zero-order valence-electron chi connectivity index (χ0n) is 14.1. The van der Waals surface area contributed by atoms with Crippen LogP contribution in [0.1, 0.15) is 13.8 Å². The Morgan fingerprint density at radius 1 is 0.880 bits per heavy atom. The maximum atomic E-state index is 11.8. The van der Waals surface area contributed by atoms with E-state index in [2.05, 4.69) is 6.58 Å². The van der Waals surface area contributed by atoms with Crippen LogP contribution in [0.15, 0.2) is 72.3 Å². The number of esters is 2. The molecule has 1 aliphatic carbocycles. The van der Waals surface area contributed by atoms with Crippen molar-refractivity contribution in [3.05, 3.63) is 72.3 Å². The Labute approximate surface area is 146 Å². The van der Waals surface area contributed by atoms with Gasteiger partial charge in [-0.15, -0.1) is 0 Å². The molecular formula is C21H18O4. The van der Waals surface area contributed by atoms with Gasteiger partial charge >= 0.3 is 11.9 Å². The minimum absolute atomic E-state index is 0.226. The summed E-state index contributed by atoms with van der Waals surface area (Å²) in [5.41, 5.74) is 3.01. The summed E-state index contributed by atoms with van der Waals surface area (Å²) in [6.45, 7) is 7.11. The molecular weight excluding hydrogens is 316 g/mol. The highest BCUT2D eigenvalue weighted by molar-refractivity contribution is 5.95. The summed E-state index contributed by atoms with van der Waals surface area (Å²) in [5, 5.41) is 0. The second kappa shape index (κ2) is 6.77. The number of hydrogen-bond acceptors (Lipinski definition) is 4. The van der Waals surface area contributed by atoms with E-state index in [1.165, 1.54) is 0 Å². The van der Waals surface area contributed by atoms with Crippen LogP contribution in [0.5, 0.6) is 11.5 Å². The number of rotatable bonds is 5. The maximum Gasteiger partial charge on any atom is 0.339 e. The molecule has 0 spiro atoms. The van der Waals surface area contributed by atoms with Crippen molar-refractivity contribution in [3.63, 3.8) is 0 Å². The van der Waals surface area contributed by atoms with E-state index in [0.717, 1.165) is 16.7 Å². The Hall–Kier alpha value is -3.14. The normalized spacial score (nSPS) is 15.1. The summed E-state index contributed by atoms with van der Waals surface area (Å²) in [6.07, 6.45) is 1.87. The average molecular weight is 334 g/mol. The molecule has 4 heteroatoms. The molecule has 1 atom stereocenters. The van der Waals surface area contributed by atoms with E-state index >= 15 is 0 Å². The van der Waals surface area contributed by atoms with Gasteiger partial charge in [0.2, 0.25) is 0 Å². The van der Waals surface area contributed by atoms with E-state index in [1.54, 1.807) is 31.2 Å². The number of hydrogen-bond donors (Lipinski definition) is 0. The van der Waals surface area contributed by atoms with Gasteiger partial charge in [0.05, 0.1) is 0 Å². The first-order valence-corrected chi connectivity index (χ1v) is 7.96. The molecule has 2 aromatic carbocycles. The van der Waals surface area contributed by atoms with Gasteiger partial charge in [-0.3, -0.25) is 0 Å². The second-order valence-corrected chi connectivity index (χ2v) is 6.02. The Morgan fingerprint density at radius 3 is 1.72 bits per heavy atom. The number of benzene rings is 2. The molecule has 0 radical (unpaired) electrons. The Balaban J connectivity index is 1.65. The molecule has 0 bridgehead atoms. The lowest BCUT2D eigenvalue weighted by molar-refractivity contribution is -0.130. The fourth-order valence-electron chi connectivity index (χ4n) is 2.27. The lowest BCUT2D eigenvalue weighted by Crippen LogP contribution is -2.07. The predicted molar refractivity (Wildman–Crippen MR) is 95.2 cm³/mol. The van der Waals surface area contributed by atoms with E-state index in [9.17, 15) is 9.59 Å². The minimum Gasteiger partial charge on any atom is -0.423 e. The predicted octanol–water partition coefficient (Wildman–Crippen LogP) is 4.32. The van der Waals surface area contributed by atoms with Crippen LogP contribution in [0.3, 0.4) is 0 Å². The number of allylic oxidation sites excluding steroid dienone is 1. The molecule has 2 aromatic rings. The highest BCUT2D eigenvalue weighted by Gasteiger charge is 2.28. The molecule has 4 nitrogen and oxygen atoms in total. The van der Waals surface area contributed by atoms with E-state index in [0.29, 0.717) is 17.1 Å². The largest absolute Gasteiger partial charge is 0.423 e. The molecule has 0 fully saturated rings. The fourth-order valence-corrected chi connectivity index (χ4v) is 2.27. The standard InChI is InChI=1S/C21H18O4/c1-13(2)20(22)24-17-8-4-15(5-9-17)16-6-10-18(11-7-16)25-21(23)19-12-14(19)3/h4-12,14H,1H2,2-3H3/t14-/m0/s1. The lowest BCUT2D eigenvalue weighted by Gasteiger charge is -2.07. The minimum atomic E-state index is -0.445. The first-order chi connectivity index (χ1) is 11.9. The van der Waals surface area contributed by atoms with Crippen molar-refractivity contribution in [3.8, 4) is 22.6 Å². The molecule has 0 N–H and O–H groups in total. The zero-order chi connectivity index (χ0) is 18.0. The SMILES string of the molecule is C=C(C)C(=O)Oc1ccc(-c2ccc(OC(=O)C3=C[C@@H]3C)cc2)cc1. The van der Waals surface area contributed by atoms with Crippen molar-refractivity contribution in [1.82, 2.24) is 0 Å². The van der Waals surface area contributed by atoms with Gasteiger partial charge in [0.15, 0.2) is 0 Å². The smallest absolute Gasteiger partial charge is 0.339 e. The highest BCUT2D eigenvalue weighted by atomic mass is 16.5. The molecule has 126 valence electrons. The van der Waals surface area contributed by atoms with E-state index < -0.39 is 5.97 Å². The molecule has 0 heterocycles. The molecule has 3 rings (SSSR count). The van der Waals surface area contributed by atoms with Crippen molar-refractivity contribution >= 4 is 11.9 Å². The fraction of sp³-hybridized carbons (Fsp3) is 0.143. The highest BCUT2D eigenvalue weighted by Crippen LogP contribution is 2.30. The van der Waals surface area contributed by atoms with Crippen LogP contribution in [0.4, 0.5) is 0 Å². The molecule has 25 heavy (non-hydrogen) atoms. The molecule has 0 aromatic heterocycles. The summed E-state index contributed by atoms with van der Waals surface area (Å²) in [7, 11) is 0. The monoisotopic (exact) mass is 334 g/mol. The zero-order valence-corrected chi connectivity index (χ0v) is 14.1. The topological polar surface area (TPSA) is 52.6 Å². The third-order valence-electron chi connectivity index (χ3n) is 3.86. The van der Waals surface area contributed by atoms with Gasteiger partial charge in [-0.2, -0.15) is 0 Å². The van der Waals surface area contributed by atoms with Gasteiger partial charge in [-0.1, -0.05) is 43.8 Å². The molecule has 0 unspecified atom stereocenters. The van der Waals surface area contributed by atoms with E-state index in [4.69, 9.17) is 9.47 Å². The molecule has 1 aliphatic rings. The molecule has 0 saturated heterocycles. The molecule has 0 saturated carbocycles. The number of ether oxygens (including phenoxy) is 2. The van der Waals surface area contributed by atoms with Crippen molar-refractivity contribution in [2.24, 2.45) is 5.92 Å². The Bertz CT molecular complexity index is 858. The summed E-state index contributed by atoms with van der Waals surface area (Å²) < 4.78 is 10.5. The van der Waals surface area contributed by atoms with Gasteiger partial charge in [0.25, 0.3) is 0 Å². The Kier molecular flexibility index (Phi) is 4.52. The first-order valence-electron chi connectivity index (χ1n) is 7.96. The van der Waals surface area contributed by atoms with Gasteiger partial charge in [-0.05, 0) is 42.3 Å². The van der Waals surface area contributed by atoms with Crippen LogP contribution in [-0.2, 0) is 9.59 Å². The summed E-state index contributed by atoms with van der Waals surface area (Å²) >= 11 is 0. The van der Waals surface area contributed by atoms with Crippen molar-refractivity contribution in [2.45, 2.75) is 13.8 Å². The van der Waals surface area contributed by atoms with Crippen LogP contribution < -0.4 is 9.47 Å². The second-order valence-electron chi connectivity index (χ2n) is 6.02. The maximum absolute atomic E-state index is 11.8. The number of carbonyl (C=O) groups is 2. The number of carbonyl (C=O) groups excluding carboxylic acids is 2. The van der Waals surface area contributed by atoms with Crippen LogP contribution in [0, 0.1) is 5.92 Å². The Morgan fingerprint density at radius 2 is 1.32 bits per heavy atom. The van der Waals surface area contributed by atoms with Crippen LogP contribution in [0.2, 0.25) is 0 Å². The van der Waals surface area contributed by atoms with Gasteiger partial charge in [0.1, 0.15) is 11.5 Å². The molecule has 0 aliphatic heterocycles. The van der Waals surface area contributed by atoms with Crippen LogP contribution >= 0.6 is 0 Å². The van der Waals surface area contributed by atoms with E-state index in [-0.39, 0.29) is 11.9 Å². The third kappa shape index (κ3) is 4.04. The van der Waals surface area contributed by atoms with Crippen molar-refractivity contribution < 1.29 is 19.1 Å². The summed E-state index contributed by atoms with van der Waals surface area (Å²) in [4.78, 5) is 23.3. The van der Waals surface area contributed by atoms with Gasteiger partial charge in [0, 0.05) is 17.1 Å². The summed E-state index contributed by atoms with van der Waals surface area (Å²) in [5.74, 6) is 0.474. The summed E-state index contributed by atoms with van der Waals surface area (Å²) in [6, 6.07) is 14.4. The lowest BCUT2D eigenvalue weighted by atomic mass is 10.1. The van der Waals surface area contributed by atoms with E-state index in [1.807, 2.05) is 37.3 Å². The van der Waals surface area contributed by atoms with Crippen molar-refractivity contribution in [2.75, 3.05) is 0 Å². The molecule has 0 amide bonds. The van der Waals surface area contributed by atoms with Gasteiger partial charge < -0.3 is 9.47 Å². The quantitative estimate of drug-likeness (QED) is 0.464. The average Bonchev–Trinajstić information content (AvgIpc) is 3.33.